The van der Waals surface area contributed by atoms with E-state index in [9.17, 15) is 4.79 Å². The number of rotatable bonds is 4. The van der Waals surface area contributed by atoms with E-state index in [0.717, 1.165) is 22.6 Å². The molecular weight excluding hydrogens is 330 g/mol. The van der Waals surface area contributed by atoms with Gasteiger partial charge in [-0.3, -0.25) is 4.79 Å². The van der Waals surface area contributed by atoms with Gasteiger partial charge in [-0.1, -0.05) is 26.8 Å². The van der Waals surface area contributed by atoms with E-state index in [-0.39, 0.29) is 11.3 Å². The first-order valence-corrected chi connectivity index (χ1v) is 8.65. The van der Waals surface area contributed by atoms with E-state index in [2.05, 4.69) is 30.7 Å². The first-order valence-electron chi connectivity index (χ1n) is 8.65. The van der Waals surface area contributed by atoms with Crippen LogP contribution in [0, 0.1) is 0 Å². The molecule has 0 bridgehead atoms. The molecule has 0 fully saturated rings. The highest BCUT2D eigenvalue weighted by molar-refractivity contribution is 5.79. The predicted octanol–water partition coefficient (Wildman–Crippen LogP) is 2.88. The van der Waals surface area contributed by atoms with Crippen LogP contribution in [-0.4, -0.2) is 35.0 Å². The van der Waals surface area contributed by atoms with Gasteiger partial charge in [-0.05, 0) is 17.7 Å². The van der Waals surface area contributed by atoms with Gasteiger partial charge in [0.2, 0.25) is 5.91 Å². The summed E-state index contributed by atoms with van der Waals surface area (Å²) in [5.74, 6) is 2.16. The van der Waals surface area contributed by atoms with Crippen LogP contribution in [0.1, 0.15) is 43.4 Å². The Hall–Kier alpha value is -2.63. The zero-order valence-corrected chi connectivity index (χ0v) is 16.0. The molecule has 3 rings (SSSR count). The summed E-state index contributed by atoms with van der Waals surface area (Å²) in [6.45, 7) is 7.36. The van der Waals surface area contributed by atoms with Crippen LogP contribution in [0.25, 0.3) is 0 Å². The molecule has 0 radical (unpaired) electrons. The van der Waals surface area contributed by atoms with Gasteiger partial charge in [0.05, 0.1) is 32.9 Å². The number of nitrogens with zero attached hydrogens (tertiary/aromatic N) is 3. The Balaban J connectivity index is 1.72. The van der Waals surface area contributed by atoms with Crippen LogP contribution in [-0.2, 0) is 29.7 Å². The van der Waals surface area contributed by atoms with Crippen LogP contribution in [0.5, 0.6) is 11.5 Å². The Bertz CT molecular complexity index is 828. The second-order valence-electron chi connectivity index (χ2n) is 7.53. The topological polar surface area (TPSA) is 64.5 Å². The number of hydrogen-bond acceptors (Lipinski definition) is 5. The molecule has 1 aromatic heterocycles. The molecule has 0 saturated heterocycles. The van der Waals surface area contributed by atoms with Crippen LogP contribution in [0.3, 0.4) is 0 Å². The Morgan fingerprint density at radius 2 is 1.88 bits per heavy atom. The monoisotopic (exact) mass is 355 g/mol. The van der Waals surface area contributed by atoms with Gasteiger partial charge in [0.25, 0.3) is 0 Å². The lowest BCUT2D eigenvalue weighted by atomic mass is 9.95. The highest BCUT2D eigenvalue weighted by Crippen LogP contribution is 2.29. The quantitative estimate of drug-likeness (QED) is 0.844. The summed E-state index contributed by atoms with van der Waals surface area (Å²) in [6.07, 6.45) is 2.17. The van der Waals surface area contributed by atoms with Crippen LogP contribution >= 0.6 is 0 Å². The fraction of sp³-hybridized carbons (Fsp3) is 0.450. The lowest BCUT2D eigenvalue weighted by Crippen LogP contribution is -2.27. The first-order chi connectivity index (χ1) is 12.3. The second kappa shape index (κ2) is 6.94. The zero-order chi connectivity index (χ0) is 18.9. The molecular formula is C20H25N3O3. The molecule has 2 heterocycles. The molecule has 0 N–H and O–H groups in total. The van der Waals surface area contributed by atoms with Crippen LogP contribution in [0.15, 0.2) is 24.4 Å². The molecule has 0 spiro atoms. The number of carbonyl (C=O) groups excluding carboxylic acids is 1. The second-order valence-corrected chi connectivity index (χ2v) is 7.53. The van der Waals surface area contributed by atoms with Gasteiger partial charge < -0.3 is 14.4 Å². The lowest BCUT2D eigenvalue weighted by molar-refractivity contribution is -0.131. The molecule has 6 heteroatoms. The highest BCUT2D eigenvalue weighted by Gasteiger charge is 2.27. The number of ether oxygens (including phenoxy) is 2. The van der Waals surface area contributed by atoms with Gasteiger partial charge in [-0.2, -0.15) is 0 Å². The maximum atomic E-state index is 12.7. The molecule has 0 atom stereocenters. The van der Waals surface area contributed by atoms with Crippen molar-refractivity contribution in [2.75, 3.05) is 14.2 Å². The summed E-state index contributed by atoms with van der Waals surface area (Å²) in [7, 11) is 3.18. The minimum atomic E-state index is -0.105. The van der Waals surface area contributed by atoms with Crippen LogP contribution < -0.4 is 9.47 Å². The molecule has 26 heavy (non-hydrogen) atoms. The summed E-state index contributed by atoms with van der Waals surface area (Å²) in [4.78, 5) is 23.7. The number of fused-ring (bicyclic) bond motifs is 1. The van der Waals surface area contributed by atoms with Gasteiger partial charge >= 0.3 is 0 Å². The Labute approximate surface area is 154 Å². The van der Waals surface area contributed by atoms with Gasteiger partial charge in [0, 0.05) is 23.7 Å². The smallest absolute Gasteiger partial charge is 0.227 e. The Morgan fingerprint density at radius 1 is 1.15 bits per heavy atom. The third-order valence-corrected chi connectivity index (χ3v) is 4.48. The fourth-order valence-electron chi connectivity index (χ4n) is 2.97. The lowest BCUT2D eigenvalue weighted by Gasteiger charge is -2.17. The van der Waals surface area contributed by atoms with Crippen molar-refractivity contribution in [2.45, 2.75) is 45.7 Å². The predicted molar refractivity (Wildman–Crippen MR) is 98.2 cm³/mol. The van der Waals surface area contributed by atoms with Crippen molar-refractivity contribution in [1.82, 2.24) is 14.9 Å². The van der Waals surface area contributed by atoms with Crippen LogP contribution in [0.4, 0.5) is 0 Å². The van der Waals surface area contributed by atoms with Crippen molar-refractivity contribution < 1.29 is 14.3 Å². The average Bonchev–Trinajstić information content (AvgIpc) is 3.04. The summed E-state index contributed by atoms with van der Waals surface area (Å²) < 4.78 is 10.6. The largest absolute Gasteiger partial charge is 0.493 e. The Kier molecular flexibility index (Phi) is 4.85. The summed E-state index contributed by atoms with van der Waals surface area (Å²) in [6, 6.07) is 5.55. The van der Waals surface area contributed by atoms with Crippen molar-refractivity contribution in [3.63, 3.8) is 0 Å². The van der Waals surface area contributed by atoms with E-state index >= 15 is 0 Å². The van der Waals surface area contributed by atoms with Gasteiger partial charge in [0.15, 0.2) is 11.5 Å². The number of benzene rings is 1. The van der Waals surface area contributed by atoms with Crippen molar-refractivity contribution in [3.8, 4) is 11.5 Å². The normalized spacial score (nSPS) is 13.5. The first kappa shape index (κ1) is 18.2. The number of carbonyl (C=O) groups is 1. The van der Waals surface area contributed by atoms with Crippen molar-refractivity contribution in [2.24, 2.45) is 0 Å². The maximum absolute atomic E-state index is 12.7. The molecule has 1 aliphatic rings. The van der Waals surface area contributed by atoms with E-state index in [0.29, 0.717) is 31.0 Å². The Morgan fingerprint density at radius 3 is 2.54 bits per heavy atom. The number of amides is 1. The summed E-state index contributed by atoms with van der Waals surface area (Å²) in [5, 5.41) is 0. The zero-order valence-electron chi connectivity index (χ0n) is 16.0. The van der Waals surface area contributed by atoms with Crippen LogP contribution in [0.2, 0.25) is 0 Å². The van der Waals surface area contributed by atoms with Crippen molar-refractivity contribution >= 4 is 5.91 Å². The third-order valence-electron chi connectivity index (χ3n) is 4.48. The molecule has 2 aromatic rings. The van der Waals surface area contributed by atoms with Gasteiger partial charge in [0.1, 0.15) is 5.82 Å². The van der Waals surface area contributed by atoms with Gasteiger partial charge in [-0.15, -0.1) is 0 Å². The molecule has 6 nitrogen and oxygen atoms in total. The van der Waals surface area contributed by atoms with Crippen molar-refractivity contribution in [1.29, 1.82) is 0 Å². The van der Waals surface area contributed by atoms with E-state index in [1.54, 1.807) is 14.2 Å². The molecule has 138 valence electrons. The molecule has 0 aliphatic carbocycles. The highest BCUT2D eigenvalue weighted by atomic mass is 16.5. The minimum Gasteiger partial charge on any atom is -0.493 e. The molecule has 0 unspecified atom stereocenters. The number of aromatic nitrogens is 2. The van der Waals surface area contributed by atoms with E-state index < -0.39 is 0 Å². The average molecular weight is 355 g/mol. The number of methoxy groups -OCH3 is 2. The van der Waals surface area contributed by atoms with Gasteiger partial charge in [-0.25, -0.2) is 9.97 Å². The summed E-state index contributed by atoms with van der Waals surface area (Å²) in [5.41, 5.74) is 2.76. The van der Waals surface area contributed by atoms with E-state index in [1.165, 1.54) is 0 Å². The van der Waals surface area contributed by atoms with E-state index in [4.69, 9.17) is 9.47 Å². The third kappa shape index (κ3) is 3.64. The standard InChI is InChI=1S/C20H25N3O3/c1-20(2,3)19-21-10-14-11-23(12-15(14)22-19)18(24)9-13-6-7-16(25-4)17(8-13)26-5/h6-8,10H,9,11-12H2,1-5H3. The van der Waals surface area contributed by atoms with E-state index in [1.807, 2.05) is 29.3 Å². The maximum Gasteiger partial charge on any atom is 0.227 e. The molecule has 0 saturated carbocycles. The molecule has 1 aliphatic heterocycles. The SMILES string of the molecule is COc1ccc(CC(=O)N2Cc3cnc(C(C)(C)C)nc3C2)cc1OC. The molecule has 1 aromatic carbocycles. The minimum absolute atomic E-state index is 0.0625. The fourth-order valence-corrected chi connectivity index (χ4v) is 2.97. The number of hydrogen-bond donors (Lipinski definition) is 0. The molecule has 1 amide bonds. The van der Waals surface area contributed by atoms with Crippen molar-refractivity contribution in [3.05, 3.63) is 47.0 Å². The summed E-state index contributed by atoms with van der Waals surface area (Å²) >= 11 is 0.